The average molecular weight is 456 g/mol. The summed E-state index contributed by atoms with van der Waals surface area (Å²) in [6, 6.07) is 14.2. The molecule has 0 unspecified atom stereocenters. The van der Waals surface area contributed by atoms with Gasteiger partial charge in [-0.3, -0.25) is 9.36 Å². The number of rotatable bonds is 6. The summed E-state index contributed by atoms with van der Waals surface area (Å²) >= 11 is 0. The zero-order valence-corrected chi connectivity index (χ0v) is 18.5. The van der Waals surface area contributed by atoms with Crippen LogP contribution in [0.4, 0.5) is 0 Å². The molecule has 0 fully saturated rings. The van der Waals surface area contributed by atoms with E-state index in [0.29, 0.717) is 51.9 Å². The summed E-state index contributed by atoms with van der Waals surface area (Å²) in [6.45, 7) is 0.738. The molecule has 0 bridgehead atoms. The second kappa shape index (κ2) is 8.83. The van der Waals surface area contributed by atoms with E-state index in [4.69, 9.17) is 19.4 Å². The van der Waals surface area contributed by atoms with Crippen molar-refractivity contribution in [2.45, 2.75) is 6.54 Å². The molecule has 0 amide bonds. The molecule has 2 aromatic carbocycles. The van der Waals surface area contributed by atoms with Gasteiger partial charge in [0.25, 0.3) is 5.56 Å². The minimum atomic E-state index is -0.415. The Morgan fingerprint density at radius 3 is 2.47 bits per heavy atom. The molecule has 0 spiro atoms. The number of hydrogen-bond donors (Lipinski definition) is 0. The lowest BCUT2D eigenvalue weighted by atomic mass is 10.1. The van der Waals surface area contributed by atoms with Gasteiger partial charge >= 0.3 is 5.97 Å². The van der Waals surface area contributed by atoms with E-state index in [1.54, 1.807) is 37.6 Å². The molecule has 5 aromatic rings. The first-order valence-electron chi connectivity index (χ1n) is 10.5. The Balaban J connectivity index is 1.70. The van der Waals surface area contributed by atoms with Gasteiger partial charge in [-0.1, -0.05) is 24.3 Å². The summed E-state index contributed by atoms with van der Waals surface area (Å²) in [6.07, 6.45) is 3.08. The van der Waals surface area contributed by atoms with Crippen molar-refractivity contribution in [3.8, 4) is 0 Å². The number of ether oxygens (including phenoxy) is 2. The smallest absolute Gasteiger partial charge is 0.337 e. The molecule has 0 saturated carbocycles. The standard InChI is InChI=1S/C24H20N6O4/c1-33-12-11-29-14-25-21-19(23(29)31)20-22(28-18-6-4-3-5-17(18)27-20)30(21)26-13-15-7-9-16(10-8-15)24(32)34-2/h3-10,13-14H,11-12H2,1-2H3/b26-13-. The second-order valence-electron chi connectivity index (χ2n) is 7.49. The molecule has 0 saturated heterocycles. The monoisotopic (exact) mass is 456 g/mol. The molecule has 170 valence electrons. The lowest BCUT2D eigenvalue weighted by molar-refractivity contribution is 0.0600. The van der Waals surface area contributed by atoms with Crippen molar-refractivity contribution in [2.24, 2.45) is 5.10 Å². The highest BCUT2D eigenvalue weighted by Gasteiger charge is 2.19. The van der Waals surface area contributed by atoms with Crippen LogP contribution in [0.5, 0.6) is 0 Å². The van der Waals surface area contributed by atoms with Crippen molar-refractivity contribution in [3.05, 3.63) is 76.3 Å². The number of esters is 1. The van der Waals surface area contributed by atoms with E-state index in [2.05, 4.69) is 10.1 Å². The zero-order chi connectivity index (χ0) is 23.7. The first-order chi connectivity index (χ1) is 16.6. The highest BCUT2D eigenvalue weighted by atomic mass is 16.5. The lowest BCUT2D eigenvalue weighted by Crippen LogP contribution is -2.22. The van der Waals surface area contributed by atoms with Gasteiger partial charge in [-0.05, 0) is 29.8 Å². The van der Waals surface area contributed by atoms with Gasteiger partial charge in [-0.25, -0.2) is 19.7 Å². The molecule has 0 aliphatic carbocycles. The summed E-state index contributed by atoms with van der Waals surface area (Å²) in [5, 5.41) is 4.90. The van der Waals surface area contributed by atoms with Crippen molar-refractivity contribution in [3.63, 3.8) is 0 Å². The van der Waals surface area contributed by atoms with Crippen LogP contribution in [0.15, 0.2) is 64.8 Å². The number of fused-ring (bicyclic) bond motifs is 4. The van der Waals surface area contributed by atoms with Gasteiger partial charge in [0, 0.05) is 7.11 Å². The fraction of sp³-hybridized carbons (Fsp3) is 0.167. The minimum Gasteiger partial charge on any atom is -0.465 e. The number of methoxy groups -OCH3 is 2. The van der Waals surface area contributed by atoms with Gasteiger partial charge < -0.3 is 9.47 Å². The molecular weight excluding hydrogens is 436 g/mol. The van der Waals surface area contributed by atoms with E-state index < -0.39 is 5.97 Å². The predicted octanol–water partition coefficient (Wildman–Crippen LogP) is 2.61. The largest absolute Gasteiger partial charge is 0.465 e. The van der Waals surface area contributed by atoms with Crippen LogP contribution in [0.1, 0.15) is 15.9 Å². The lowest BCUT2D eigenvalue weighted by Gasteiger charge is -2.04. The fourth-order valence-electron chi connectivity index (χ4n) is 3.66. The van der Waals surface area contributed by atoms with Crippen molar-refractivity contribution in [1.29, 1.82) is 0 Å². The van der Waals surface area contributed by atoms with Crippen LogP contribution in [0.25, 0.3) is 33.2 Å². The van der Waals surface area contributed by atoms with E-state index in [9.17, 15) is 9.59 Å². The van der Waals surface area contributed by atoms with Gasteiger partial charge in [0.2, 0.25) is 0 Å². The van der Waals surface area contributed by atoms with Crippen LogP contribution in [-0.2, 0) is 16.0 Å². The molecule has 3 heterocycles. The molecule has 0 N–H and O–H groups in total. The molecule has 5 rings (SSSR count). The summed E-state index contributed by atoms with van der Waals surface area (Å²) < 4.78 is 12.8. The third kappa shape index (κ3) is 3.69. The third-order valence-corrected chi connectivity index (χ3v) is 5.40. The Labute approximate surface area is 193 Å². The van der Waals surface area contributed by atoms with E-state index in [0.717, 1.165) is 5.56 Å². The van der Waals surface area contributed by atoms with E-state index in [-0.39, 0.29) is 5.56 Å². The SMILES string of the molecule is COCCn1cnc2c(c1=O)c1nc3ccccc3nc1n2/N=C\c1ccc(C(=O)OC)cc1. The van der Waals surface area contributed by atoms with Gasteiger partial charge in [0.15, 0.2) is 11.3 Å². The van der Waals surface area contributed by atoms with Crippen molar-refractivity contribution < 1.29 is 14.3 Å². The van der Waals surface area contributed by atoms with Crippen LogP contribution in [0, 0.1) is 0 Å². The van der Waals surface area contributed by atoms with Crippen LogP contribution >= 0.6 is 0 Å². The highest BCUT2D eigenvalue weighted by molar-refractivity contribution is 6.04. The molecule has 34 heavy (non-hydrogen) atoms. The summed E-state index contributed by atoms with van der Waals surface area (Å²) in [5.74, 6) is -0.415. The number of para-hydroxylation sites is 2. The predicted molar refractivity (Wildman–Crippen MR) is 127 cm³/mol. The molecule has 10 heteroatoms. The molecule has 0 radical (unpaired) electrons. The average Bonchev–Trinajstić information content (AvgIpc) is 3.18. The van der Waals surface area contributed by atoms with Gasteiger partial charge in [-0.15, -0.1) is 0 Å². The van der Waals surface area contributed by atoms with Crippen molar-refractivity contribution in [1.82, 2.24) is 24.2 Å². The number of hydrogen-bond acceptors (Lipinski definition) is 8. The Bertz CT molecular complexity index is 1620. The van der Waals surface area contributed by atoms with Crippen LogP contribution in [0.3, 0.4) is 0 Å². The first-order valence-corrected chi connectivity index (χ1v) is 10.5. The fourth-order valence-corrected chi connectivity index (χ4v) is 3.66. The van der Waals surface area contributed by atoms with Crippen LogP contribution < -0.4 is 5.56 Å². The van der Waals surface area contributed by atoms with Crippen molar-refractivity contribution >= 4 is 45.4 Å². The highest BCUT2D eigenvalue weighted by Crippen LogP contribution is 2.24. The Morgan fingerprint density at radius 1 is 1.03 bits per heavy atom. The third-order valence-electron chi connectivity index (χ3n) is 5.40. The Kier molecular flexibility index (Phi) is 5.56. The number of carbonyl (C=O) groups is 1. The summed E-state index contributed by atoms with van der Waals surface area (Å²) in [4.78, 5) is 38.9. The molecule has 10 nitrogen and oxygen atoms in total. The van der Waals surface area contributed by atoms with Gasteiger partial charge in [0.05, 0.1) is 43.1 Å². The van der Waals surface area contributed by atoms with E-state index in [1.807, 2.05) is 24.3 Å². The Morgan fingerprint density at radius 2 is 1.76 bits per heavy atom. The van der Waals surface area contributed by atoms with Crippen LogP contribution in [-0.4, -0.2) is 57.2 Å². The normalized spacial score (nSPS) is 11.7. The molecule has 3 aromatic heterocycles. The van der Waals surface area contributed by atoms with Gasteiger partial charge in [0.1, 0.15) is 17.2 Å². The number of benzene rings is 2. The molecule has 0 aliphatic rings. The Hall–Kier alpha value is -4.44. The van der Waals surface area contributed by atoms with E-state index >= 15 is 0 Å². The summed E-state index contributed by atoms with van der Waals surface area (Å²) in [7, 11) is 2.91. The minimum absolute atomic E-state index is 0.243. The van der Waals surface area contributed by atoms with Gasteiger partial charge in [-0.2, -0.15) is 9.78 Å². The summed E-state index contributed by atoms with van der Waals surface area (Å²) in [5.41, 5.74) is 3.48. The number of nitrogens with zero attached hydrogens (tertiary/aromatic N) is 6. The first kappa shape index (κ1) is 21.4. The maximum atomic E-state index is 13.3. The zero-order valence-electron chi connectivity index (χ0n) is 18.5. The molecule has 0 aliphatic heterocycles. The molecule has 0 atom stereocenters. The topological polar surface area (TPSA) is 113 Å². The van der Waals surface area contributed by atoms with E-state index in [1.165, 1.54) is 22.7 Å². The number of carbonyl (C=O) groups excluding carboxylic acids is 1. The number of aromatic nitrogens is 5. The second-order valence-corrected chi connectivity index (χ2v) is 7.49. The quantitative estimate of drug-likeness (QED) is 0.285. The molecular formula is C24H20N6O4. The maximum Gasteiger partial charge on any atom is 0.337 e. The van der Waals surface area contributed by atoms with Crippen LogP contribution in [0.2, 0.25) is 0 Å². The van der Waals surface area contributed by atoms with Crippen molar-refractivity contribution in [2.75, 3.05) is 20.8 Å². The maximum absolute atomic E-state index is 13.3.